The van der Waals surface area contributed by atoms with Crippen LogP contribution in [0.5, 0.6) is 5.75 Å². The number of nitrogens with zero attached hydrogens (tertiary/aromatic N) is 2. The number of imidazole rings is 1. The van der Waals surface area contributed by atoms with Crippen molar-refractivity contribution in [1.29, 1.82) is 0 Å². The van der Waals surface area contributed by atoms with Crippen LogP contribution in [0.4, 0.5) is 0 Å². The van der Waals surface area contributed by atoms with E-state index in [2.05, 4.69) is 67.1 Å². The molecule has 0 saturated heterocycles. The van der Waals surface area contributed by atoms with Crippen LogP contribution in [-0.4, -0.2) is 22.1 Å². The Morgan fingerprint density at radius 3 is 2.55 bits per heavy atom. The van der Waals surface area contributed by atoms with Crippen molar-refractivity contribution in [3.8, 4) is 5.75 Å². The Morgan fingerprint density at radius 1 is 1.06 bits per heavy atom. The smallest absolute Gasteiger partial charge is 0.223 e. The Bertz CT molecular complexity index is 1060. The number of unbranched alkanes of at least 4 members (excludes halogenated alkanes) is 1. The molecule has 1 fully saturated rings. The van der Waals surface area contributed by atoms with E-state index in [1.54, 1.807) is 0 Å². The van der Waals surface area contributed by atoms with Crippen LogP contribution in [0.3, 0.4) is 0 Å². The van der Waals surface area contributed by atoms with Gasteiger partial charge >= 0.3 is 0 Å². The van der Waals surface area contributed by atoms with Crippen molar-refractivity contribution in [3.05, 3.63) is 59.4 Å². The fraction of sp³-hybridized carbons (Fsp3) is 0.500. The van der Waals surface area contributed by atoms with Gasteiger partial charge in [0.15, 0.2) is 0 Å². The summed E-state index contributed by atoms with van der Waals surface area (Å²) in [6.07, 6.45) is 7.54. The average molecular weight is 448 g/mol. The van der Waals surface area contributed by atoms with Crippen molar-refractivity contribution in [1.82, 2.24) is 14.9 Å². The highest BCUT2D eigenvalue weighted by Crippen LogP contribution is 2.26. The highest BCUT2D eigenvalue weighted by molar-refractivity contribution is 5.80. The van der Waals surface area contributed by atoms with E-state index >= 15 is 0 Å². The van der Waals surface area contributed by atoms with Crippen molar-refractivity contribution < 1.29 is 9.53 Å². The van der Waals surface area contributed by atoms with Gasteiger partial charge in [-0.2, -0.15) is 0 Å². The highest BCUT2D eigenvalue weighted by Gasteiger charge is 2.24. The molecule has 1 amide bonds. The second-order valence-corrected chi connectivity index (χ2v) is 9.45. The third-order valence-electron chi connectivity index (χ3n) is 6.84. The molecule has 5 nitrogen and oxygen atoms in total. The molecule has 33 heavy (non-hydrogen) atoms. The third-order valence-corrected chi connectivity index (χ3v) is 6.84. The first-order valence-electron chi connectivity index (χ1n) is 12.5. The number of aryl methyl sites for hydroxylation is 3. The molecule has 3 aromatic rings. The molecule has 0 aliphatic heterocycles. The van der Waals surface area contributed by atoms with Gasteiger partial charge in [-0.05, 0) is 69.7 Å². The van der Waals surface area contributed by atoms with Gasteiger partial charge in [0, 0.05) is 12.5 Å². The molecular weight excluding hydrogens is 410 g/mol. The number of ether oxygens (including phenoxy) is 1. The predicted octanol–water partition coefficient (Wildman–Crippen LogP) is 6.27. The first kappa shape index (κ1) is 23.3. The minimum atomic E-state index is -0.113. The van der Waals surface area contributed by atoms with E-state index in [1.807, 2.05) is 6.07 Å². The summed E-state index contributed by atoms with van der Waals surface area (Å²) in [6, 6.07) is 14.4. The summed E-state index contributed by atoms with van der Waals surface area (Å²) >= 11 is 0. The number of benzene rings is 2. The number of nitrogens with one attached hydrogen (secondary N) is 1. The summed E-state index contributed by atoms with van der Waals surface area (Å²) in [5, 5.41) is 3.26. The van der Waals surface area contributed by atoms with Crippen LogP contribution in [0, 0.1) is 19.8 Å². The molecule has 4 rings (SSSR count). The van der Waals surface area contributed by atoms with Gasteiger partial charge in [-0.3, -0.25) is 4.79 Å². The summed E-state index contributed by atoms with van der Waals surface area (Å²) < 4.78 is 8.37. The number of hydrogen-bond acceptors (Lipinski definition) is 3. The second kappa shape index (κ2) is 10.9. The third kappa shape index (κ3) is 5.58. The van der Waals surface area contributed by atoms with E-state index in [9.17, 15) is 4.79 Å². The molecule has 1 aliphatic rings. The van der Waals surface area contributed by atoms with Gasteiger partial charge < -0.3 is 14.6 Å². The molecule has 2 aromatic carbocycles. The van der Waals surface area contributed by atoms with Crippen LogP contribution in [0.25, 0.3) is 11.0 Å². The van der Waals surface area contributed by atoms with Crippen LogP contribution < -0.4 is 10.1 Å². The number of rotatable bonds is 9. The van der Waals surface area contributed by atoms with Crippen LogP contribution in [0.15, 0.2) is 42.5 Å². The largest absolute Gasteiger partial charge is 0.493 e. The van der Waals surface area contributed by atoms with Gasteiger partial charge in [-0.25, -0.2) is 4.98 Å². The molecule has 1 aromatic heterocycles. The first-order valence-corrected chi connectivity index (χ1v) is 12.5. The molecule has 1 saturated carbocycles. The van der Waals surface area contributed by atoms with Gasteiger partial charge in [-0.1, -0.05) is 49.6 Å². The Balaban J connectivity index is 1.40. The minimum absolute atomic E-state index is 0.113. The molecule has 0 bridgehead atoms. The van der Waals surface area contributed by atoms with E-state index in [1.165, 1.54) is 17.5 Å². The second-order valence-electron chi connectivity index (χ2n) is 9.45. The number of fused-ring (bicyclic) bond motifs is 1. The van der Waals surface area contributed by atoms with Crippen molar-refractivity contribution in [2.24, 2.45) is 5.92 Å². The quantitative estimate of drug-likeness (QED) is 0.393. The monoisotopic (exact) mass is 447 g/mol. The summed E-state index contributed by atoms with van der Waals surface area (Å²) in [5.74, 6) is 2.28. The number of carbonyl (C=O) groups is 1. The maximum Gasteiger partial charge on any atom is 0.223 e. The number of hydrogen-bond donors (Lipinski definition) is 1. The van der Waals surface area contributed by atoms with E-state index in [4.69, 9.17) is 9.72 Å². The zero-order valence-electron chi connectivity index (χ0n) is 20.3. The summed E-state index contributed by atoms with van der Waals surface area (Å²) in [7, 11) is 0. The summed E-state index contributed by atoms with van der Waals surface area (Å²) in [6.45, 7) is 7.80. The van der Waals surface area contributed by atoms with Crippen LogP contribution in [-0.2, 0) is 11.3 Å². The fourth-order valence-corrected chi connectivity index (χ4v) is 4.99. The lowest BCUT2D eigenvalue weighted by atomic mass is 9.88. The lowest BCUT2D eigenvalue weighted by molar-refractivity contribution is -0.126. The Kier molecular flexibility index (Phi) is 7.69. The van der Waals surface area contributed by atoms with Gasteiger partial charge in [-0.15, -0.1) is 0 Å². The van der Waals surface area contributed by atoms with E-state index in [0.29, 0.717) is 6.61 Å². The number of para-hydroxylation sites is 3. The molecular formula is C28H37N3O2. The zero-order valence-corrected chi connectivity index (χ0v) is 20.3. The van der Waals surface area contributed by atoms with Gasteiger partial charge in [0.2, 0.25) is 5.91 Å². The van der Waals surface area contributed by atoms with E-state index in [-0.39, 0.29) is 17.9 Å². The Morgan fingerprint density at radius 2 is 1.79 bits per heavy atom. The first-order chi connectivity index (χ1) is 16.0. The van der Waals surface area contributed by atoms with Gasteiger partial charge in [0.25, 0.3) is 0 Å². The molecule has 0 radical (unpaired) electrons. The molecule has 1 atom stereocenters. The standard InChI is InChI=1S/C28H37N3O2/c1-20-12-11-13-21(2)26(20)33-19-10-9-18-31-25-17-8-7-16-24(25)30-27(31)22(3)29-28(32)23-14-5-4-6-15-23/h7-8,11-13,16-17,22-23H,4-6,9-10,14-15,18-19H2,1-3H3,(H,29,32). The molecule has 1 N–H and O–H groups in total. The highest BCUT2D eigenvalue weighted by atomic mass is 16.5. The van der Waals surface area contributed by atoms with Crippen LogP contribution >= 0.6 is 0 Å². The predicted molar refractivity (Wildman–Crippen MR) is 134 cm³/mol. The Hall–Kier alpha value is -2.82. The zero-order chi connectivity index (χ0) is 23.2. The molecule has 176 valence electrons. The normalized spacial score (nSPS) is 15.5. The lowest BCUT2D eigenvalue weighted by Gasteiger charge is -2.23. The van der Waals surface area contributed by atoms with Gasteiger partial charge in [0.05, 0.1) is 23.7 Å². The van der Waals surface area contributed by atoms with Crippen LogP contribution in [0.2, 0.25) is 0 Å². The minimum Gasteiger partial charge on any atom is -0.493 e. The molecule has 0 spiro atoms. The topological polar surface area (TPSA) is 56.1 Å². The summed E-state index contributed by atoms with van der Waals surface area (Å²) in [4.78, 5) is 17.7. The van der Waals surface area contributed by atoms with Crippen molar-refractivity contribution in [2.45, 2.75) is 78.3 Å². The SMILES string of the molecule is Cc1cccc(C)c1OCCCCn1c(C(C)NC(=O)C2CCCCC2)nc2ccccc21. The van der Waals surface area contributed by atoms with E-state index in [0.717, 1.165) is 67.7 Å². The van der Waals surface area contributed by atoms with Crippen molar-refractivity contribution in [2.75, 3.05) is 6.61 Å². The Labute approximate surface area is 197 Å². The molecule has 5 heteroatoms. The van der Waals surface area contributed by atoms with Crippen molar-refractivity contribution in [3.63, 3.8) is 0 Å². The molecule has 1 unspecified atom stereocenters. The van der Waals surface area contributed by atoms with Crippen LogP contribution in [0.1, 0.15) is 74.9 Å². The van der Waals surface area contributed by atoms with Gasteiger partial charge in [0.1, 0.15) is 11.6 Å². The van der Waals surface area contributed by atoms with Crippen molar-refractivity contribution >= 4 is 16.9 Å². The molecule has 1 heterocycles. The number of carbonyl (C=O) groups excluding carboxylic acids is 1. The fourth-order valence-electron chi connectivity index (χ4n) is 4.99. The maximum atomic E-state index is 12.8. The molecule has 1 aliphatic carbocycles. The average Bonchev–Trinajstić information content (AvgIpc) is 3.20. The number of amides is 1. The maximum absolute atomic E-state index is 12.8. The van der Waals surface area contributed by atoms with E-state index < -0.39 is 0 Å². The lowest BCUT2D eigenvalue weighted by Crippen LogP contribution is -2.35. The number of aromatic nitrogens is 2. The summed E-state index contributed by atoms with van der Waals surface area (Å²) in [5.41, 5.74) is 4.47.